The van der Waals surface area contributed by atoms with Gasteiger partial charge in [0.15, 0.2) is 46.8 Å². The van der Waals surface area contributed by atoms with Gasteiger partial charge in [0, 0.05) is 62.2 Å². The van der Waals surface area contributed by atoms with Crippen molar-refractivity contribution in [2.75, 3.05) is 26.2 Å². The lowest BCUT2D eigenvalue weighted by molar-refractivity contribution is -0.187. The minimum absolute atomic E-state index is 0.0408. The summed E-state index contributed by atoms with van der Waals surface area (Å²) in [5, 5.41) is 44.2. The number of carbonyl (C=O) groups excluding carboxylic acids is 2. The topological polar surface area (TPSA) is 140 Å². The number of ketones is 2. The van der Waals surface area contributed by atoms with E-state index in [0.717, 1.165) is 48.4 Å². The van der Waals surface area contributed by atoms with Crippen LogP contribution < -0.4 is 9.47 Å². The van der Waals surface area contributed by atoms with Crippen molar-refractivity contribution < 1.29 is 39.5 Å². The summed E-state index contributed by atoms with van der Waals surface area (Å²) in [7, 11) is 0. The molecule has 2 aromatic carbocycles. The summed E-state index contributed by atoms with van der Waals surface area (Å²) in [5.74, 6) is 1.06. The van der Waals surface area contributed by atoms with Gasteiger partial charge in [-0.05, 0) is 61.8 Å². The van der Waals surface area contributed by atoms with Crippen LogP contribution in [0.5, 0.6) is 23.0 Å². The lowest BCUT2D eigenvalue weighted by Gasteiger charge is -2.62. The zero-order valence-corrected chi connectivity index (χ0v) is 27.0. The van der Waals surface area contributed by atoms with Crippen molar-refractivity contribution in [1.29, 1.82) is 0 Å². The summed E-state index contributed by atoms with van der Waals surface area (Å²) in [6.45, 7) is 10.7. The number of benzene rings is 2. The number of carbonyl (C=O) groups is 2. The van der Waals surface area contributed by atoms with Crippen molar-refractivity contribution >= 4 is 11.6 Å². The SMILES string of the molecule is C=CCN1CC[C@@]23c4c5ccc(O)c4O[C@@H]2C(=O)CC[C@]3(O)[C@@H]1C5.C=CCN1CC[C@]23c4c5ccc(O)c4O[C@H]2C(=O)CC[C@@]3(O)[C@H]1C5. The molecule has 4 aliphatic carbocycles. The van der Waals surface area contributed by atoms with Gasteiger partial charge in [-0.15, -0.1) is 13.2 Å². The van der Waals surface area contributed by atoms with Crippen molar-refractivity contribution in [2.24, 2.45) is 0 Å². The van der Waals surface area contributed by atoms with Gasteiger partial charge >= 0.3 is 0 Å². The van der Waals surface area contributed by atoms with Gasteiger partial charge in [-0.2, -0.15) is 0 Å². The first-order valence-corrected chi connectivity index (χ1v) is 17.3. The Kier molecular flexibility index (Phi) is 6.29. The Labute approximate surface area is 279 Å². The molecule has 0 radical (unpaired) electrons. The summed E-state index contributed by atoms with van der Waals surface area (Å²) in [6.07, 6.45) is 6.69. The highest BCUT2D eigenvalue weighted by Gasteiger charge is 2.74. The maximum Gasteiger partial charge on any atom is 0.174 e. The van der Waals surface area contributed by atoms with E-state index in [2.05, 4.69) is 23.0 Å². The van der Waals surface area contributed by atoms with Crippen LogP contribution in [0, 0.1) is 0 Å². The minimum Gasteiger partial charge on any atom is -0.504 e. The molecule has 2 saturated carbocycles. The molecule has 2 aromatic rings. The van der Waals surface area contributed by atoms with E-state index in [-0.39, 0.29) is 35.1 Å². The monoisotopic (exact) mass is 654 g/mol. The first-order chi connectivity index (χ1) is 23.1. The third kappa shape index (κ3) is 3.37. The van der Waals surface area contributed by atoms with Crippen LogP contribution in [-0.4, -0.2) is 103 Å². The zero-order chi connectivity index (χ0) is 33.4. The standard InChI is InChI=1S/2C19H21NO4/c2*1-2-8-20-9-7-18-15-11-3-4-12(21)16(15)24-17(18)13(22)5-6-19(18,23)14(20)10-11/h2*2-4,14,17,21,23H,1,5-10H2/t2*14-,17+,18+,19-/m10/s1. The molecule has 2 spiro atoms. The number of phenolic OH excluding ortho intramolecular Hbond substituents is 2. The van der Waals surface area contributed by atoms with E-state index >= 15 is 0 Å². The second kappa shape index (κ2) is 9.94. The van der Waals surface area contributed by atoms with Crippen LogP contribution in [0.4, 0.5) is 0 Å². The van der Waals surface area contributed by atoms with Gasteiger partial charge in [0.2, 0.25) is 0 Å². The first-order valence-electron chi connectivity index (χ1n) is 17.3. The van der Waals surface area contributed by atoms with Crippen molar-refractivity contribution in [3.05, 3.63) is 71.8 Å². The molecule has 252 valence electrons. The molecule has 2 saturated heterocycles. The number of piperidine rings is 2. The fourth-order valence-electron chi connectivity index (χ4n) is 11.6. The lowest BCUT2D eigenvalue weighted by Crippen LogP contribution is -2.76. The quantitative estimate of drug-likeness (QED) is 0.364. The number of ether oxygens (including phenoxy) is 2. The zero-order valence-electron chi connectivity index (χ0n) is 27.0. The summed E-state index contributed by atoms with van der Waals surface area (Å²) in [6, 6.07) is 7.03. The highest BCUT2D eigenvalue weighted by molar-refractivity contribution is 5.91. The third-order valence-corrected chi connectivity index (χ3v) is 13.5. The predicted octanol–water partition coefficient (Wildman–Crippen LogP) is 2.60. The molecule has 48 heavy (non-hydrogen) atoms. The average molecular weight is 655 g/mol. The highest BCUT2D eigenvalue weighted by Crippen LogP contribution is 2.66. The molecular weight excluding hydrogens is 612 g/mol. The molecular formula is C38H42N2O8. The van der Waals surface area contributed by atoms with Crippen LogP contribution in [0.3, 0.4) is 0 Å². The Morgan fingerprint density at radius 3 is 1.52 bits per heavy atom. The molecule has 10 rings (SSSR count). The van der Waals surface area contributed by atoms with Gasteiger partial charge in [0.25, 0.3) is 0 Å². The van der Waals surface area contributed by atoms with E-state index in [9.17, 15) is 30.0 Å². The third-order valence-electron chi connectivity index (χ3n) is 13.5. The van der Waals surface area contributed by atoms with Crippen LogP contribution >= 0.6 is 0 Å². The molecule has 0 aromatic heterocycles. The number of nitrogens with zero attached hydrogens (tertiary/aromatic N) is 2. The Balaban J connectivity index is 0.000000131. The van der Waals surface area contributed by atoms with E-state index in [1.807, 2.05) is 24.3 Å². The van der Waals surface area contributed by atoms with Gasteiger partial charge in [-0.1, -0.05) is 24.3 Å². The largest absolute Gasteiger partial charge is 0.504 e. The number of phenols is 2. The Bertz CT molecular complexity index is 1680. The molecule has 4 heterocycles. The fourth-order valence-corrected chi connectivity index (χ4v) is 11.6. The van der Waals surface area contributed by atoms with Gasteiger partial charge < -0.3 is 29.9 Å². The van der Waals surface area contributed by atoms with Crippen molar-refractivity contribution in [2.45, 2.75) is 97.7 Å². The number of rotatable bonds is 4. The van der Waals surface area contributed by atoms with Crippen LogP contribution in [0.25, 0.3) is 0 Å². The number of aliphatic hydroxyl groups is 2. The maximum absolute atomic E-state index is 12.6. The lowest BCUT2D eigenvalue weighted by atomic mass is 9.49. The van der Waals surface area contributed by atoms with Crippen LogP contribution in [0.1, 0.15) is 60.8 Å². The maximum atomic E-state index is 12.6. The van der Waals surface area contributed by atoms with Gasteiger partial charge in [-0.25, -0.2) is 0 Å². The smallest absolute Gasteiger partial charge is 0.174 e. The predicted molar refractivity (Wildman–Crippen MR) is 175 cm³/mol. The molecule has 4 aliphatic heterocycles. The summed E-state index contributed by atoms with van der Waals surface area (Å²) in [5.41, 5.74) is 0.512. The normalized spacial score (nSPS) is 39.3. The second-order valence-electron chi connectivity index (χ2n) is 15.1. The number of aromatic hydroxyl groups is 2. The van der Waals surface area contributed by atoms with Crippen LogP contribution in [0.2, 0.25) is 0 Å². The van der Waals surface area contributed by atoms with Crippen molar-refractivity contribution in [3.8, 4) is 23.0 Å². The molecule has 4 fully saturated rings. The highest BCUT2D eigenvalue weighted by atomic mass is 16.5. The molecule has 10 nitrogen and oxygen atoms in total. The van der Waals surface area contributed by atoms with E-state index in [4.69, 9.17) is 9.47 Å². The van der Waals surface area contributed by atoms with Gasteiger partial charge in [-0.3, -0.25) is 19.4 Å². The minimum atomic E-state index is -1.00. The average Bonchev–Trinajstić information content (AvgIpc) is 3.61. The Hall–Kier alpha value is -3.70. The van der Waals surface area contributed by atoms with E-state index < -0.39 is 34.2 Å². The van der Waals surface area contributed by atoms with Crippen molar-refractivity contribution in [3.63, 3.8) is 0 Å². The molecule has 10 heteroatoms. The summed E-state index contributed by atoms with van der Waals surface area (Å²) < 4.78 is 12.0. The number of hydrogen-bond acceptors (Lipinski definition) is 10. The van der Waals surface area contributed by atoms with E-state index in [1.165, 1.54) is 0 Å². The second-order valence-corrected chi connectivity index (χ2v) is 15.1. The molecule has 0 amide bonds. The molecule has 8 atom stereocenters. The number of hydrogen-bond donors (Lipinski definition) is 4. The first kappa shape index (κ1) is 30.4. The number of Topliss-reactive ketones (excluding diaryl/α,β-unsaturated/α-hetero) is 2. The Morgan fingerprint density at radius 2 is 1.12 bits per heavy atom. The van der Waals surface area contributed by atoms with Crippen LogP contribution in [-0.2, 0) is 33.3 Å². The van der Waals surface area contributed by atoms with E-state index in [1.54, 1.807) is 12.1 Å². The van der Waals surface area contributed by atoms with Gasteiger partial charge in [0.05, 0.1) is 22.0 Å². The summed E-state index contributed by atoms with van der Waals surface area (Å²) >= 11 is 0. The summed E-state index contributed by atoms with van der Waals surface area (Å²) in [4.78, 5) is 29.8. The molecule has 4 N–H and O–H groups in total. The molecule has 4 bridgehead atoms. The molecule has 0 unspecified atom stereocenters. The fraction of sp³-hybridized carbons (Fsp3) is 0.526. The number of likely N-dealkylation sites (tertiary alicyclic amines) is 2. The molecule has 8 aliphatic rings. The van der Waals surface area contributed by atoms with Gasteiger partial charge in [0.1, 0.15) is 0 Å². The Morgan fingerprint density at radius 1 is 0.708 bits per heavy atom. The van der Waals surface area contributed by atoms with E-state index in [0.29, 0.717) is 62.9 Å². The van der Waals surface area contributed by atoms with Crippen molar-refractivity contribution in [1.82, 2.24) is 9.80 Å². The van der Waals surface area contributed by atoms with Crippen LogP contribution in [0.15, 0.2) is 49.6 Å².